The third kappa shape index (κ3) is 4.26. The highest BCUT2D eigenvalue weighted by atomic mass is 32.2. The summed E-state index contributed by atoms with van der Waals surface area (Å²) in [4.78, 5) is 0. The van der Waals surface area contributed by atoms with Crippen LogP contribution in [0.5, 0.6) is 0 Å². The van der Waals surface area contributed by atoms with Crippen LogP contribution >= 0.6 is 0 Å². The van der Waals surface area contributed by atoms with E-state index in [4.69, 9.17) is 4.74 Å². The number of halogens is 1. The fourth-order valence-corrected chi connectivity index (χ4v) is 1.73. The molecule has 1 unspecified atom stereocenters. The maximum atomic E-state index is 12.9. The molecule has 4 nitrogen and oxygen atoms in total. The Morgan fingerprint density at radius 3 is 2.69 bits per heavy atom. The van der Waals surface area contributed by atoms with E-state index in [0.29, 0.717) is 5.56 Å². The molecule has 1 aromatic carbocycles. The van der Waals surface area contributed by atoms with Crippen LogP contribution in [-0.4, -0.2) is 28.3 Å². The highest BCUT2D eigenvalue weighted by molar-refractivity contribution is 7.88. The van der Waals surface area contributed by atoms with Gasteiger partial charge in [0.1, 0.15) is 5.82 Å². The van der Waals surface area contributed by atoms with Crippen molar-refractivity contribution >= 4 is 10.0 Å². The van der Waals surface area contributed by atoms with Crippen LogP contribution < -0.4 is 4.72 Å². The molecule has 0 spiro atoms. The van der Waals surface area contributed by atoms with Gasteiger partial charge in [-0.05, 0) is 17.7 Å². The average Bonchev–Trinajstić information content (AvgIpc) is 2.17. The Morgan fingerprint density at radius 2 is 2.19 bits per heavy atom. The minimum absolute atomic E-state index is 0.0821. The highest BCUT2D eigenvalue weighted by Gasteiger charge is 2.13. The lowest BCUT2D eigenvalue weighted by Crippen LogP contribution is -2.28. The van der Waals surface area contributed by atoms with Gasteiger partial charge in [0.2, 0.25) is 10.0 Å². The largest absolute Gasteiger partial charge is 0.375 e. The summed E-state index contributed by atoms with van der Waals surface area (Å²) in [5, 5.41) is 0. The molecule has 0 saturated carbocycles. The van der Waals surface area contributed by atoms with Crippen molar-refractivity contribution in [3.8, 4) is 0 Å². The average molecular weight is 247 g/mol. The molecule has 1 rings (SSSR count). The van der Waals surface area contributed by atoms with E-state index in [2.05, 4.69) is 4.72 Å². The lowest BCUT2D eigenvalue weighted by Gasteiger charge is -2.15. The summed E-state index contributed by atoms with van der Waals surface area (Å²) in [7, 11) is -1.83. The molecule has 0 aromatic heterocycles. The molecule has 0 aliphatic carbocycles. The molecule has 16 heavy (non-hydrogen) atoms. The molecule has 0 aliphatic rings. The van der Waals surface area contributed by atoms with Crippen molar-refractivity contribution in [3.63, 3.8) is 0 Å². The van der Waals surface area contributed by atoms with Gasteiger partial charge in [0.05, 0.1) is 12.4 Å². The van der Waals surface area contributed by atoms with E-state index in [0.717, 1.165) is 6.26 Å². The van der Waals surface area contributed by atoms with Crippen molar-refractivity contribution in [3.05, 3.63) is 35.6 Å². The maximum Gasteiger partial charge on any atom is 0.208 e. The van der Waals surface area contributed by atoms with E-state index >= 15 is 0 Å². The van der Waals surface area contributed by atoms with Crippen molar-refractivity contribution in [1.82, 2.24) is 4.72 Å². The van der Waals surface area contributed by atoms with Gasteiger partial charge in [0.15, 0.2) is 0 Å². The number of nitrogens with one attached hydrogen (secondary N) is 1. The van der Waals surface area contributed by atoms with Crippen LogP contribution in [0.15, 0.2) is 24.3 Å². The molecule has 0 fully saturated rings. The summed E-state index contributed by atoms with van der Waals surface area (Å²) in [6.07, 6.45) is 0.566. The van der Waals surface area contributed by atoms with Gasteiger partial charge in [-0.25, -0.2) is 17.5 Å². The number of benzene rings is 1. The molecule has 6 heteroatoms. The summed E-state index contributed by atoms with van der Waals surface area (Å²) in [6.45, 7) is 0.0821. The molecule has 1 atom stereocenters. The molecule has 0 amide bonds. The van der Waals surface area contributed by atoms with Crippen molar-refractivity contribution < 1.29 is 17.5 Å². The second-order valence-electron chi connectivity index (χ2n) is 3.40. The van der Waals surface area contributed by atoms with E-state index in [1.807, 2.05) is 0 Å². The van der Waals surface area contributed by atoms with Crippen LogP contribution in [0, 0.1) is 5.82 Å². The minimum atomic E-state index is -3.27. The second kappa shape index (κ2) is 5.38. The standard InChI is InChI=1S/C10H14FNO3S/c1-15-10(7-12-16(2,13)14)8-4-3-5-9(11)6-8/h3-6,10,12H,7H2,1-2H3. The molecular formula is C10H14FNO3S. The molecule has 1 N–H and O–H groups in total. The number of rotatable bonds is 5. The zero-order valence-corrected chi connectivity index (χ0v) is 9.92. The van der Waals surface area contributed by atoms with Crippen LogP contribution in [0.2, 0.25) is 0 Å². The lowest BCUT2D eigenvalue weighted by atomic mass is 10.1. The maximum absolute atomic E-state index is 12.9. The number of methoxy groups -OCH3 is 1. The first kappa shape index (κ1) is 13.1. The zero-order valence-electron chi connectivity index (χ0n) is 9.10. The van der Waals surface area contributed by atoms with Crippen molar-refractivity contribution in [2.75, 3.05) is 19.9 Å². The lowest BCUT2D eigenvalue weighted by molar-refractivity contribution is 0.107. The molecule has 0 bridgehead atoms. The third-order valence-corrected chi connectivity index (χ3v) is 2.73. The van der Waals surface area contributed by atoms with Gasteiger partial charge >= 0.3 is 0 Å². The van der Waals surface area contributed by atoms with Crippen LogP contribution in [0.3, 0.4) is 0 Å². The van der Waals surface area contributed by atoms with Gasteiger partial charge in [-0.3, -0.25) is 0 Å². The molecule has 0 saturated heterocycles. The quantitative estimate of drug-likeness (QED) is 0.846. The van der Waals surface area contributed by atoms with Gasteiger partial charge in [0, 0.05) is 13.7 Å². The number of ether oxygens (including phenoxy) is 1. The first-order valence-electron chi connectivity index (χ1n) is 4.65. The highest BCUT2D eigenvalue weighted by Crippen LogP contribution is 2.16. The molecule has 0 radical (unpaired) electrons. The molecule has 0 heterocycles. The number of hydrogen-bond donors (Lipinski definition) is 1. The molecule has 90 valence electrons. The van der Waals surface area contributed by atoms with Crippen LogP contribution in [0.4, 0.5) is 4.39 Å². The predicted molar refractivity (Wildman–Crippen MR) is 59.0 cm³/mol. The Hall–Kier alpha value is -0.980. The fraction of sp³-hybridized carbons (Fsp3) is 0.400. The summed E-state index contributed by atoms with van der Waals surface area (Å²) in [5.41, 5.74) is 0.596. The number of sulfonamides is 1. The number of hydrogen-bond acceptors (Lipinski definition) is 3. The summed E-state index contributed by atoms with van der Waals surface area (Å²) >= 11 is 0. The Morgan fingerprint density at radius 1 is 1.50 bits per heavy atom. The van der Waals surface area contributed by atoms with Crippen molar-refractivity contribution in [1.29, 1.82) is 0 Å². The molecule has 1 aromatic rings. The van der Waals surface area contributed by atoms with Crippen LogP contribution in [-0.2, 0) is 14.8 Å². The van der Waals surface area contributed by atoms with Gasteiger partial charge < -0.3 is 4.74 Å². The van der Waals surface area contributed by atoms with E-state index in [1.165, 1.54) is 19.2 Å². The van der Waals surface area contributed by atoms with Crippen LogP contribution in [0.1, 0.15) is 11.7 Å². The third-order valence-electron chi connectivity index (χ3n) is 2.04. The SMILES string of the molecule is COC(CNS(C)(=O)=O)c1cccc(F)c1. The minimum Gasteiger partial charge on any atom is -0.375 e. The Balaban J connectivity index is 2.75. The monoisotopic (exact) mass is 247 g/mol. The van der Waals surface area contributed by atoms with E-state index in [1.54, 1.807) is 12.1 Å². The van der Waals surface area contributed by atoms with E-state index < -0.39 is 16.1 Å². The first-order valence-corrected chi connectivity index (χ1v) is 6.54. The topological polar surface area (TPSA) is 55.4 Å². The van der Waals surface area contributed by atoms with E-state index in [9.17, 15) is 12.8 Å². The van der Waals surface area contributed by atoms with Gasteiger partial charge in [0.25, 0.3) is 0 Å². The Kier molecular flexibility index (Phi) is 4.40. The fourth-order valence-electron chi connectivity index (χ4n) is 1.27. The first-order chi connectivity index (χ1) is 7.42. The summed E-state index contributed by atoms with van der Waals surface area (Å²) in [6, 6.07) is 5.87. The normalized spacial score (nSPS) is 13.7. The van der Waals surface area contributed by atoms with Gasteiger partial charge in [-0.15, -0.1) is 0 Å². The van der Waals surface area contributed by atoms with Crippen molar-refractivity contribution in [2.45, 2.75) is 6.10 Å². The van der Waals surface area contributed by atoms with Gasteiger partial charge in [-0.1, -0.05) is 12.1 Å². The molecular weight excluding hydrogens is 233 g/mol. The smallest absolute Gasteiger partial charge is 0.208 e. The van der Waals surface area contributed by atoms with E-state index in [-0.39, 0.29) is 12.4 Å². The zero-order chi connectivity index (χ0) is 12.2. The molecule has 0 aliphatic heterocycles. The summed E-state index contributed by atoms with van der Waals surface area (Å²) < 4.78 is 42.2. The Labute approximate surface area is 94.5 Å². The van der Waals surface area contributed by atoms with Crippen LogP contribution in [0.25, 0.3) is 0 Å². The Bertz CT molecular complexity index is 447. The summed E-state index contributed by atoms with van der Waals surface area (Å²) in [5.74, 6) is -0.376. The van der Waals surface area contributed by atoms with Crippen molar-refractivity contribution in [2.24, 2.45) is 0 Å². The second-order valence-corrected chi connectivity index (χ2v) is 5.23. The predicted octanol–water partition coefficient (Wildman–Crippen LogP) is 1.06. The van der Waals surface area contributed by atoms with Gasteiger partial charge in [-0.2, -0.15) is 0 Å².